The van der Waals surface area contributed by atoms with E-state index in [-0.39, 0.29) is 16.6 Å². The standard InChI is InChI=1S/C13H23BrO3/c1-3-17-13(16)12(14)10-8-6-4-5-7-9-11(2)15/h12H,3-10H2,1-2H3. The highest BCUT2D eigenvalue weighted by Crippen LogP contribution is 2.14. The van der Waals surface area contributed by atoms with Crippen molar-refractivity contribution in [1.29, 1.82) is 0 Å². The molecule has 3 nitrogen and oxygen atoms in total. The molecule has 1 atom stereocenters. The Morgan fingerprint density at radius 2 is 1.71 bits per heavy atom. The number of alkyl halides is 1. The zero-order valence-electron chi connectivity index (χ0n) is 10.8. The van der Waals surface area contributed by atoms with Crippen molar-refractivity contribution in [3.8, 4) is 0 Å². The molecule has 0 saturated heterocycles. The van der Waals surface area contributed by atoms with Crippen molar-refractivity contribution in [3.63, 3.8) is 0 Å². The molecule has 1 unspecified atom stereocenters. The van der Waals surface area contributed by atoms with Crippen molar-refractivity contribution >= 4 is 27.7 Å². The Morgan fingerprint density at radius 1 is 1.12 bits per heavy atom. The number of halogens is 1. The number of carbonyl (C=O) groups is 2. The monoisotopic (exact) mass is 306 g/mol. The molecule has 0 aromatic rings. The number of hydrogen-bond donors (Lipinski definition) is 0. The molecule has 0 rings (SSSR count). The summed E-state index contributed by atoms with van der Waals surface area (Å²) in [5.41, 5.74) is 0. The lowest BCUT2D eigenvalue weighted by Gasteiger charge is -2.08. The first-order chi connectivity index (χ1) is 8.07. The van der Waals surface area contributed by atoms with Crippen LogP contribution in [0.25, 0.3) is 0 Å². The SMILES string of the molecule is CCOC(=O)C(Br)CCCCCCCC(C)=O. The average molecular weight is 307 g/mol. The van der Waals surface area contributed by atoms with E-state index >= 15 is 0 Å². The summed E-state index contributed by atoms with van der Waals surface area (Å²) in [5, 5.41) is 0. The molecular weight excluding hydrogens is 284 g/mol. The predicted molar refractivity (Wildman–Crippen MR) is 72.3 cm³/mol. The van der Waals surface area contributed by atoms with E-state index in [1.807, 2.05) is 6.92 Å². The minimum Gasteiger partial charge on any atom is -0.465 e. The summed E-state index contributed by atoms with van der Waals surface area (Å²) in [6.07, 6.45) is 6.89. The summed E-state index contributed by atoms with van der Waals surface area (Å²) < 4.78 is 4.90. The molecule has 17 heavy (non-hydrogen) atoms. The lowest BCUT2D eigenvalue weighted by molar-refractivity contribution is -0.142. The quantitative estimate of drug-likeness (QED) is 0.352. The summed E-state index contributed by atoms with van der Waals surface area (Å²) in [6.45, 7) is 3.88. The van der Waals surface area contributed by atoms with Gasteiger partial charge in [0.25, 0.3) is 0 Å². The maximum Gasteiger partial charge on any atom is 0.319 e. The van der Waals surface area contributed by atoms with Gasteiger partial charge in [-0.15, -0.1) is 0 Å². The third-order valence-corrected chi connectivity index (χ3v) is 3.36. The van der Waals surface area contributed by atoms with Gasteiger partial charge in [0.15, 0.2) is 0 Å². The zero-order chi connectivity index (χ0) is 13.1. The molecule has 0 fully saturated rings. The van der Waals surface area contributed by atoms with Crippen LogP contribution >= 0.6 is 15.9 Å². The van der Waals surface area contributed by atoms with Gasteiger partial charge in [0, 0.05) is 6.42 Å². The number of hydrogen-bond acceptors (Lipinski definition) is 3. The Balaban J connectivity index is 3.33. The third kappa shape index (κ3) is 10.5. The highest BCUT2D eigenvalue weighted by molar-refractivity contribution is 9.10. The summed E-state index contributed by atoms with van der Waals surface area (Å²) >= 11 is 3.33. The van der Waals surface area contributed by atoms with Gasteiger partial charge in [-0.3, -0.25) is 4.79 Å². The Bertz CT molecular complexity index is 229. The molecule has 0 aliphatic heterocycles. The van der Waals surface area contributed by atoms with Gasteiger partial charge in [-0.2, -0.15) is 0 Å². The Labute approximate surface area is 112 Å². The average Bonchev–Trinajstić information content (AvgIpc) is 2.27. The maximum absolute atomic E-state index is 11.3. The number of unbranched alkanes of at least 4 members (excludes halogenated alkanes) is 4. The molecule has 0 bridgehead atoms. The number of esters is 1. The molecule has 4 heteroatoms. The predicted octanol–water partition coefficient (Wildman–Crippen LogP) is 3.63. The van der Waals surface area contributed by atoms with Gasteiger partial charge < -0.3 is 9.53 Å². The van der Waals surface area contributed by atoms with Crippen molar-refractivity contribution in [2.24, 2.45) is 0 Å². The van der Waals surface area contributed by atoms with E-state index in [0.29, 0.717) is 13.0 Å². The molecule has 0 spiro atoms. The van der Waals surface area contributed by atoms with Crippen LogP contribution in [-0.2, 0) is 14.3 Å². The van der Waals surface area contributed by atoms with Crippen molar-refractivity contribution in [1.82, 2.24) is 0 Å². The topological polar surface area (TPSA) is 43.4 Å². The zero-order valence-corrected chi connectivity index (χ0v) is 12.4. The third-order valence-electron chi connectivity index (χ3n) is 2.53. The number of ketones is 1. The second kappa shape index (κ2) is 10.8. The Kier molecular flexibility index (Phi) is 10.5. The largest absolute Gasteiger partial charge is 0.465 e. The van der Waals surface area contributed by atoms with Crippen molar-refractivity contribution in [2.75, 3.05) is 6.61 Å². The number of rotatable bonds is 10. The number of carbonyl (C=O) groups excluding carboxylic acids is 2. The first-order valence-corrected chi connectivity index (χ1v) is 7.29. The Hall–Kier alpha value is -0.380. The molecule has 0 heterocycles. The van der Waals surface area contributed by atoms with E-state index in [0.717, 1.165) is 38.5 Å². The summed E-state index contributed by atoms with van der Waals surface area (Å²) in [5.74, 6) is 0.108. The molecule has 0 aliphatic rings. The fourth-order valence-corrected chi connectivity index (χ4v) is 2.03. The maximum atomic E-state index is 11.3. The molecular formula is C13H23BrO3. The highest BCUT2D eigenvalue weighted by Gasteiger charge is 2.14. The molecule has 0 amide bonds. The first kappa shape index (κ1) is 16.6. The molecule has 0 aromatic heterocycles. The van der Waals surface area contributed by atoms with Crippen molar-refractivity contribution in [3.05, 3.63) is 0 Å². The van der Waals surface area contributed by atoms with E-state index in [4.69, 9.17) is 4.74 Å². The molecule has 100 valence electrons. The van der Waals surface area contributed by atoms with Crippen LogP contribution in [0.4, 0.5) is 0 Å². The van der Waals surface area contributed by atoms with E-state index in [1.165, 1.54) is 0 Å². The van der Waals surface area contributed by atoms with Gasteiger partial charge in [-0.25, -0.2) is 0 Å². The molecule has 0 saturated carbocycles. The lowest BCUT2D eigenvalue weighted by atomic mass is 10.1. The van der Waals surface area contributed by atoms with Crippen LogP contribution in [0, 0.1) is 0 Å². The van der Waals surface area contributed by atoms with Crippen LogP contribution in [0.5, 0.6) is 0 Å². The van der Waals surface area contributed by atoms with E-state index in [2.05, 4.69) is 15.9 Å². The van der Waals surface area contributed by atoms with Crippen LogP contribution in [0.15, 0.2) is 0 Å². The van der Waals surface area contributed by atoms with E-state index < -0.39 is 0 Å². The smallest absolute Gasteiger partial charge is 0.319 e. The molecule has 0 aromatic carbocycles. The number of ether oxygens (including phenoxy) is 1. The minimum atomic E-state index is -0.167. The van der Waals surface area contributed by atoms with Crippen molar-refractivity contribution in [2.45, 2.75) is 63.6 Å². The molecule has 0 N–H and O–H groups in total. The van der Waals surface area contributed by atoms with Gasteiger partial charge in [0.2, 0.25) is 0 Å². The normalized spacial score (nSPS) is 12.2. The van der Waals surface area contributed by atoms with Crippen LogP contribution in [-0.4, -0.2) is 23.2 Å². The highest BCUT2D eigenvalue weighted by atomic mass is 79.9. The second-order valence-corrected chi connectivity index (χ2v) is 5.33. The molecule has 0 aliphatic carbocycles. The fourth-order valence-electron chi connectivity index (χ4n) is 1.58. The van der Waals surface area contributed by atoms with Crippen molar-refractivity contribution < 1.29 is 14.3 Å². The van der Waals surface area contributed by atoms with Gasteiger partial charge >= 0.3 is 5.97 Å². The van der Waals surface area contributed by atoms with Gasteiger partial charge in [-0.05, 0) is 26.7 Å². The van der Waals surface area contributed by atoms with Crippen LogP contribution in [0.1, 0.15) is 58.8 Å². The van der Waals surface area contributed by atoms with Crippen LogP contribution in [0.3, 0.4) is 0 Å². The summed E-state index contributed by atoms with van der Waals surface area (Å²) in [4.78, 5) is 21.8. The molecule has 0 radical (unpaired) electrons. The first-order valence-electron chi connectivity index (χ1n) is 6.38. The summed E-state index contributed by atoms with van der Waals surface area (Å²) in [6, 6.07) is 0. The van der Waals surface area contributed by atoms with Crippen LogP contribution < -0.4 is 0 Å². The lowest BCUT2D eigenvalue weighted by Crippen LogP contribution is -2.17. The van der Waals surface area contributed by atoms with Gasteiger partial charge in [0.05, 0.1) is 6.61 Å². The fraction of sp³-hybridized carbons (Fsp3) is 0.846. The number of Topliss-reactive ketones (excluding diaryl/α,β-unsaturated/α-hetero) is 1. The second-order valence-electron chi connectivity index (χ2n) is 4.23. The van der Waals surface area contributed by atoms with E-state index in [1.54, 1.807) is 6.92 Å². The minimum absolute atomic E-state index is 0.163. The van der Waals surface area contributed by atoms with E-state index in [9.17, 15) is 9.59 Å². The summed E-state index contributed by atoms with van der Waals surface area (Å²) in [7, 11) is 0. The van der Waals surface area contributed by atoms with Crippen LogP contribution in [0.2, 0.25) is 0 Å². The van der Waals surface area contributed by atoms with Gasteiger partial charge in [0.1, 0.15) is 10.6 Å². The Morgan fingerprint density at radius 3 is 2.29 bits per heavy atom. The van der Waals surface area contributed by atoms with Gasteiger partial charge in [-0.1, -0.05) is 41.6 Å².